The average Bonchev–Trinajstić information content (AvgIpc) is 2.39. The van der Waals surface area contributed by atoms with Crippen molar-refractivity contribution in [3.8, 4) is 16.9 Å². The average molecular weight is 262 g/mol. The van der Waals surface area contributed by atoms with Gasteiger partial charge in [-0.1, -0.05) is 24.3 Å². The fourth-order valence-corrected chi connectivity index (χ4v) is 2.32. The van der Waals surface area contributed by atoms with E-state index in [1.165, 1.54) is 0 Å². The van der Waals surface area contributed by atoms with Crippen LogP contribution in [0.1, 0.15) is 5.56 Å². The van der Waals surface area contributed by atoms with Gasteiger partial charge >= 0.3 is 0 Å². The van der Waals surface area contributed by atoms with Crippen LogP contribution in [0.3, 0.4) is 0 Å². The summed E-state index contributed by atoms with van der Waals surface area (Å²) in [5, 5.41) is 0. The molecule has 2 rings (SSSR count). The summed E-state index contributed by atoms with van der Waals surface area (Å²) in [5.74, 6) is 0.789. The molecule has 0 aliphatic heterocycles. The molecular weight excluding hydrogens is 248 g/mol. The van der Waals surface area contributed by atoms with Gasteiger partial charge in [-0.3, -0.25) is 0 Å². The van der Waals surface area contributed by atoms with Gasteiger partial charge in [0.15, 0.2) is 11.1 Å². The van der Waals surface area contributed by atoms with Gasteiger partial charge in [-0.05, 0) is 41.8 Å². The number of aryl methyl sites for hydroxylation is 1. The maximum absolute atomic E-state index is 11.2. The Labute approximate surface area is 109 Å². The highest BCUT2D eigenvalue weighted by Gasteiger charge is 2.07. The summed E-state index contributed by atoms with van der Waals surface area (Å²) < 4.78 is 25.5. The summed E-state index contributed by atoms with van der Waals surface area (Å²) in [6.07, 6.45) is 0. The van der Waals surface area contributed by atoms with Crippen LogP contribution in [0.4, 0.5) is 0 Å². The summed E-state index contributed by atoms with van der Waals surface area (Å²) in [7, 11) is 1.62. The van der Waals surface area contributed by atoms with Crippen molar-refractivity contribution >= 4 is 11.1 Å². The second-order valence-electron chi connectivity index (χ2n) is 3.96. The van der Waals surface area contributed by atoms with Gasteiger partial charge in [-0.15, -0.1) is 0 Å². The first kappa shape index (κ1) is 12.8. The van der Waals surface area contributed by atoms with Gasteiger partial charge in [0, 0.05) is 0 Å². The third-order valence-electron chi connectivity index (χ3n) is 2.80. The van der Waals surface area contributed by atoms with E-state index in [0.29, 0.717) is 4.90 Å². The highest BCUT2D eigenvalue weighted by Crippen LogP contribution is 2.25. The number of hydrogen-bond acceptors (Lipinski definition) is 2. The molecule has 0 aliphatic rings. The lowest BCUT2D eigenvalue weighted by Crippen LogP contribution is -1.93. The summed E-state index contributed by atoms with van der Waals surface area (Å²) in [6.45, 7) is 1.82. The van der Waals surface area contributed by atoms with E-state index in [-0.39, 0.29) is 0 Å². The highest BCUT2D eigenvalue weighted by molar-refractivity contribution is 7.79. The molecule has 0 amide bonds. The van der Waals surface area contributed by atoms with Crippen LogP contribution < -0.4 is 4.74 Å². The van der Waals surface area contributed by atoms with Crippen LogP contribution in [0.15, 0.2) is 47.4 Å². The van der Waals surface area contributed by atoms with Crippen LogP contribution in [-0.4, -0.2) is 15.9 Å². The van der Waals surface area contributed by atoms with Crippen LogP contribution in [0.5, 0.6) is 5.75 Å². The minimum atomic E-state index is -1.96. The monoisotopic (exact) mass is 262 g/mol. The number of hydrogen-bond donors (Lipinski definition) is 1. The van der Waals surface area contributed by atoms with E-state index in [2.05, 4.69) is 0 Å². The van der Waals surface area contributed by atoms with Crippen molar-refractivity contribution in [1.82, 2.24) is 0 Å². The van der Waals surface area contributed by atoms with Crippen molar-refractivity contribution in [2.24, 2.45) is 0 Å². The van der Waals surface area contributed by atoms with E-state index in [1.807, 2.05) is 43.3 Å². The molecule has 0 bridgehead atoms. The lowest BCUT2D eigenvalue weighted by Gasteiger charge is -2.07. The van der Waals surface area contributed by atoms with Gasteiger partial charge in [0.2, 0.25) is 0 Å². The summed E-state index contributed by atoms with van der Waals surface area (Å²) in [4.78, 5) is 0.448. The lowest BCUT2D eigenvalue weighted by molar-refractivity contribution is 0.415. The molecule has 0 aromatic heterocycles. The van der Waals surface area contributed by atoms with Crippen LogP contribution >= 0.6 is 0 Å². The first-order valence-corrected chi connectivity index (χ1v) is 6.58. The Morgan fingerprint density at radius 2 is 1.67 bits per heavy atom. The van der Waals surface area contributed by atoms with Crippen molar-refractivity contribution in [3.63, 3.8) is 0 Å². The molecule has 0 spiro atoms. The molecule has 1 atom stereocenters. The summed E-state index contributed by atoms with van der Waals surface area (Å²) in [6, 6.07) is 13.1. The van der Waals surface area contributed by atoms with E-state index in [1.54, 1.807) is 13.2 Å². The van der Waals surface area contributed by atoms with Crippen molar-refractivity contribution in [1.29, 1.82) is 0 Å². The third kappa shape index (κ3) is 2.60. The van der Waals surface area contributed by atoms with Crippen LogP contribution in [0, 0.1) is 6.92 Å². The van der Waals surface area contributed by atoms with Crippen LogP contribution in [0.2, 0.25) is 0 Å². The number of ether oxygens (including phenoxy) is 1. The van der Waals surface area contributed by atoms with Crippen molar-refractivity contribution < 1.29 is 13.5 Å². The topological polar surface area (TPSA) is 46.5 Å². The molecule has 0 aliphatic carbocycles. The van der Waals surface area contributed by atoms with Crippen molar-refractivity contribution in [2.45, 2.75) is 11.8 Å². The Morgan fingerprint density at radius 1 is 1.06 bits per heavy atom. The standard InChI is InChI=1S/C14H14O3S/c1-10-3-4-12(9-14(10)18(15)16)11-5-7-13(17-2)8-6-11/h3-9H,1-2H3,(H,15,16). The van der Waals surface area contributed by atoms with Crippen molar-refractivity contribution in [2.75, 3.05) is 7.11 Å². The third-order valence-corrected chi connectivity index (χ3v) is 3.62. The Hall–Kier alpha value is -1.65. The molecule has 94 valence electrons. The highest BCUT2D eigenvalue weighted by atomic mass is 32.2. The second kappa shape index (κ2) is 5.33. The Morgan fingerprint density at radius 3 is 2.22 bits per heavy atom. The van der Waals surface area contributed by atoms with E-state index >= 15 is 0 Å². The zero-order valence-electron chi connectivity index (χ0n) is 10.2. The molecule has 0 saturated heterocycles. The number of benzene rings is 2. The molecule has 0 saturated carbocycles. The fraction of sp³-hybridized carbons (Fsp3) is 0.143. The maximum Gasteiger partial charge on any atom is 0.186 e. The molecule has 1 unspecified atom stereocenters. The number of methoxy groups -OCH3 is 1. The van der Waals surface area contributed by atoms with E-state index in [4.69, 9.17) is 4.74 Å². The molecule has 4 heteroatoms. The minimum absolute atomic E-state index is 0.448. The SMILES string of the molecule is COc1ccc(-c2ccc(C)c(S(=O)O)c2)cc1. The van der Waals surface area contributed by atoms with E-state index < -0.39 is 11.1 Å². The van der Waals surface area contributed by atoms with E-state index in [0.717, 1.165) is 22.4 Å². The second-order valence-corrected chi connectivity index (χ2v) is 4.90. The number of rotatable bonds is 3. The Kier molecular flexibility index (Phi) is 3.79. The molecule has 0 heterocycles. The predicted octanol–water partition coefficient (Wildman–Crippen LogP) is 3.25. The maximum atomic E-state index is 11.2. The van der Waals surface area contributed by atoms with Gasteiger partial charge in [0.1, 0.15) is 5.75 Å². The smallest absolute Gasteiger partial charge is 0.186 e. The molecule has 0 radical (unpaired) electrons. The molecule has 0 fully saturated rings. The molecular formula is C14H14O3S. The first-order chi connectivity index (χ1) is 8.61. The quantitative estimate of drug-likeness (QED) is 0.864. The van der Waals surface area contributed by atoms with Gasteiger partial charge in [0.05, 0.1) is 12.0 Å². The van der Waals surface area contributed by atoms with Gasteiger partial charge in [-0.25, -0.2) is 4.21 Å². The van der Waals surface area contributed by atoms with Gasteiger partial charge in [-0.2, -0.15) is 0 Å². The zero-order chi connectivity index (χ0) is 13.1. The van der Waals surface area contributed by atoms with Crippen molar-refractivity contribution in [3.05, 3.63) is 48.0 Å². The van der Waals surface area contributed by atoms with Crippen LogP contribution in [0.25, 0.3) is 11.1 Å². The summed E-state index contributed by atoms with van der Waals surface area (Å²) in [5.41, 5.74) is 2.72. The fourth-order valence-electron chi connectivity index (χ4n) is 1.75. The summed E-state index contributed by atoms with van der Waals surface area (Å²) >= 11 is -1.96. The normalized spacial score (nSPS) is 12.2. The first-order valence-electron chi connectivity index (χ1n) is 5.48. The molecule has 2 aromatic rings. The Balaban J connectivity index is 2.44. The minimum Gasteiger partial charge on any atom is -0.497 e. The lowest BCUT2D eigenvalue weighted by atomic mass is 10.0. The predicted molar refractivity (Wildman–Crippen MR) is 72.2 cm³/mol. The van der Waals surface area contributed by atoms with E-state index in [9.17, 15) is 8.76 Å². The van der Waals surface area contributed by atoms with Gasteiger partial charge in [0.25, 0.3) is 0 Å². The molecule has 2 aromatic carbocycles. The largest absolute Gasteiger partial charge is 0.497 e. The van der Waals surface area contributed by atoms with Gasteiger partial charge < -0.3 is 9.29 Å². The molecule has 1 N–H and O–H groups in total. The molecule has 3 nitrogen and oxygen atoms in total. The molecule has 18 heavy (non-hydrogen) atoms. The van der Waals surface area contributed by atoms with Crippen LogP contribution in [-0.2, 0) is 11.1 Å². The Bertz CT molecular complexity index is 576. The zero-order valence-corrected chi connectivity index (χ0v) is 11.0.